The number of imidazole rings is 3. The molecule has 2 fully saturated rings. The van der Waals surface area contributed by atoms with E-state index in [9.17, 15) is 16.8 Å². The first kappa shape index (κ1) is 77.1. The van der Waals surface area contributed by atoms with Gasteiger partial charge in [0.05, 0.1) is 14.7 Å². The van der Waals surface area contributed by atoms with Crippen LogP contribution >= 0.6 is 34.6 Å². The van der Waals surface area contributed by atoms with Crippen LogP contribution in [0.2, 0.25) is 0 Å². The number of aromatic nitrogens is 9. The van der Waals surface area contributed by atoms with Gasteiger partial charge in [0.2, 0.25) is 80.5 Å². The van der Waals surface area contributed by atoms with Crippen molar-refractivity contribution in [3.63, 3.8) is 0 Å². The number of likely N-dealkylation sites (tertiary alicyclic amines) is 2. The molecular formula is C75H90N18O9S6. The molecule has 0 aliphatic carbocycles. The average molecular weight is 1580 g/mol. The molecule has 2 aliphatic heterocycles. The van der Waals surface area contributed by atoms with E-state index in [1.165, 1.54) is 71.0 Å². The predicted octanol–water partition coefficient (Wildman–Crippen LogP) is 10.6. The SMILES string of the molecule is Cc1ccc(S(=O)(=O)NC(CCCCNc2nsc3nccn23)C(=O)N2CCC(Cc3ccccc3)CC2N(C(=O)C(CCCCNc2nsc3nccn23)NS(=O)(=O)c2ccc(C)cc2)C2CC(Cc3ccccc3)CCN2C(=O)C(CCCCNc2nsc3nccn23)NS(=O)(=O)c2ccc(C)cc2)cc1. The summed E-state index contributed by atoms with van der Waals surface area (Å²) in [5, 5.41) is 10.1. The maximum atomic E-state index is 17.5. The second-order valence-corrected chi connectivity index (χ2v) is 35.2. The Morgan fingerprint density at radius 3 is 1.11 bits per heavy atom. The normalized spacial score (nSPS) is 17.4. The molecule has 0 radical (unpaired) electrons. The number of nitrogens with zero attached hydrogens (tertiary/aromatic N) is 12. The number of piperidine rings is 2. The van der Waals surface area contributed by atoms with Crippen molar-refractivity contribution in [3.05, 3.63) is 198 Å². The lowest BCUT2D eigenvalue weighted by Crippen LogP contribution is -2.69. The van der Waals surface area contributed by atoms with E-state index < -0.39 is 78.2 Å². The van der Waals surface area contributed by atoms with Gasteiger partial charge in [-0.15, -0.1) is 0 Å². The van der Waals surface area contributed by atoms with E-state index in [0.29, 0.717) is 110 Å². The molecule has 5 aromatic carbocycles. The van der Waals surface area contributed by atoms with E-state index in [1.807, 2.05) is 94.6 Å². The molecule has 3 amide bonds. The van der Waals surface area contributed by atoms with Crippen LogP contribution in [0.1, 0.15) is 111 Å². The standard InChI is InChI=1S/C75H90N18O9S6/c1-52-23-29-59(30-24-52)106(97,98)85-62(20-10-13-37-76-70-82-103-73-79-40-45-90(70)73)67(94)88-43-35-57(48-55-16-6-4-7-17-55)50-65(88)93(69(96)64(87-108(101,102)61-33-27-54(3)28-34-61)22-12-15-39-78-72-84-105-75-81-42-47-92(72)75)66-51-58(49-56-18-8-5-9-19-56)36-44-89(66)68(95)63(86-107(99,100)60-31-25-53(2)26-32-60)21-11-14-38-77-71-83-104-74-80-41-46-91(71)74/h4-9,16-19,23-34,40-42,45-47,57-58,62-66,85-87H,10-15,20-22,35-39,43-44,48-51H2,1-3H3,(H,76,82)(H,77,83)(H,78,84). The van der Waals surface area contributed by atoms with Crippen molar-refractivity contribution >= 4 is 115 Å². The maximum Gasteiger partial charge on any atom is 0.244 e. The van der Waals surface area contributed by atoms with Gasteiger partial charge in [0, 0.05) is 105 Å². The van der Waals surface area contributed by atoms with Gasteiger partial charge in [0.15, 0.2) is 0 Å². The van der Waals surface area contributed by atoms with Crippen LogP contribution in [0.15, 0.2) is 185 Å². The minimum atomic E-state index is -4.55. The van der Waals surface area contributed by atoms with Gasteiger partial charge >= 0.3 is 0 Å². The molecule has 0 spiro atoms. The zero-order valence-electron chi connectivity index (χ0n) is 60.3. The average Bonchev–Trinajstić information content (AvgIpc) is 1.08. The molecule has 11 aromatic rings. The summed E-state index contributed by atoms with van der Waals surface area (Å²) < 4.78 is 118. The number of hydrogen-bond donors (Lipinski definition) is 6. The number of aryl methyl sites for hydroxylation is 3. The number of sulfonamides is 3. The number of nitrogens with one attached hydrogen (secondary N) is 6. The number of rotatable bonds is 36. The fourth-order valence-corrected chi connectivity index (χ4v) is 20.0. The van der Waals surface area contributed by atoms with Gasteiger partial charge in [-0.05, 0) is 176 Å². The summed E-state index contributed by atoms with van der Waals surface area (Å²) in [5.41, 5.74) is 4.43. The first-order chi connectivity index (χ1) is 52.2. The zero-order chi connectivity index (χ0) is 75.4. The van der Waals surface area contributed by atoms with E-state index in [2.05, 4.69) is 58.2 Å². The van der Waals surface area contributed by atoms with Crippen molar-refractivity contribution in [3.8, 4) is 0 Å². The number of fused-ring (bicyclic) bond motifs is 3. The first-order valence-electron chi connectivity index (χ1n) is 36.6. The number of amides is 3. The second-order valence-electron chi connectivity index (χ2n) is 27.9. The Bertz CT molecular complexity index is 4940. The Hall–Kier alpha value is -9.06. The van der Waals surface area contributed by atoms with Crippen molar-refractivity contribution in [1.29, 1.82) is 0 Å². The molecule has 6 aromatic heterocycles. The lowest BCUT2D eigenvalue weighted by Gasteiger charge is -2.53. The topological polar surface area (TPSA) is 326 Å². The molecule has 2 saturated heterocycles. The number of unbranched alkanes of at least 4 members (excludes halogenated alkanes) is 3. The van der Waals surface area contributed by atoms with Crippen LogP contribution in [0.4, 0.5) is 17.8 Å². The molecule has 8 heterocycles. The minimum Gasteiger partial charge on any atom is -0.355 e. The fourth-order valence-electron chi connectivity index (χ4n) is 14.3. The molecule has 0 saturated carbocycles. The Labute approximate surface area is 641 Å². The van der Waals surface area contributed by atoms with Crippen molar-refractivity contribution < 1.29 is 39.6 Å². The third-order valence-corrected chi connectivity index (χ3v) is 26.7. The Balaban J connectivity index is 0.924. The Kier molecular flexibility index (Phi) is 25.1. The molecule has 7 atom stereocenters. The van der Waals surface area contributed by atoms with Crippen LogP contribution in [0.3, 0.4) is 0 Å². The highest BCUT2D eigenvalue weighted by Crippen LogP contribution is 2.38. The fraction of sp³-hybridized carbons (Fsp3) is 0.400. The van der Waals surface area contributed by atoms with Gasteiger partial charge in [0.1, 0.15) is 30.5 Å². The summed E-state index contributed by atoms with van der Waals surface area (Å²) in [6.45, 7) is 6.74. The van der Waals surface area contributed by atoms with E-state index in [-0.39, 0.29) is 78.1 Å². The molecule has 2 aliphatic rings. The van der Waals surface area contributed by atoms with Crippen LogP contribution in [-0.4, -0.2) is 162 Å². The largest absolute Gasteiger partial charge is 0.355 e. The molecule has 0 bridgehead atoms. The molecule has 6 N–H and O–H groups in total. The number of carbonyl (C=O) groups excluding carboxylic acids is 3. The molecule has 108 heavy (non-hydrogen) atoms. The predicted molar refractivity (Wildman–Crippen MR) is 419 cm³/mol. The number of carbonyl (C=O) groups is 3. The molecule has 27 nitrogen and oxygen atoms in total. The summed E-state index contributed by atoms with van der Waals surface area (Å²) in [5.74, 6) is -0.753. The molecule has 13 rings (SSSR count). The first-order valence-corrected chi connectivity index (χ1v) is 43.4. The van der Waals surface area contributed by atoms with Crippen molar-refractivity contribution in [2.75, 3.05) is 48.7 Å². The van der Waals surface area contributed by atoms with E-state index in [4.69, 9.17) is 0 Å². The molecular weight excluding hydrogens is 1490 g/mol. The summed E-state index contributed by atoms with van der Waals surface area (Å²) in [4.78, 5) is 70.6. The van der Waals surface area contributed by atoms with Crippen molar-refractivity contribution in [1.82, 2.24) is 70.1 Å². The Morgan fingerprint density at radius 1 is 0.444 bits per heavy atom. The van der Waals surface area contributed by atoms with Crippen LogP contribution in [0, 0.1) is 32.6 Å². The smallest absolute Gasteiger partial charge is 0.244 e. The summed E-state index contributed by atoms with van der Waals surface area (Å²) in [6, 6.07) is 34.3. The van der Waals surface area contributed by atoms with Gasteiger partial charge in [-0.25, -0.2) is 40.2 Å². The van der Waals surface area contributed by atoms with Gasteiger partial charge in [0.25, 0.3) is 0 Å². The van der Waals surface area contributed by atoms with E-state index in [1.54, 1.807) is 88.3 Å². The highest BCUT2D eigenvalue weighted by molar-refractivity contribution is 7.90. The zero-order valence-corrected chi connectivity index (χ0v) is 65.2. The highest BCUT2D eigenvalue weighted by Gasteiger charge is 2.49. The maximum absolute atomic E-state index is 17.5. The lowest BCUT2D eigenvalue weighted by molar-refractivity contribution is -0.170. The molecule has 7 unspecified atom stereocenters. The third-order valence-electron chi connectivity index (χ3n) is 20.1. The van der Waals surface area contributed by atoms with Crippen LogP contribution in [0.5, 0.6) is 0 Å². The lowest BCUT2D eigenvalue weighted by atomic mass is 9.84. The summed E-state index contributed by atoms with van der Waals surface area (Å²) in [6.07, 6.45) is 12.2. The molecule has 33 heteroatoms. The van der Waals surface area contributed by atoms with Crippen LogP contribution in [0.25, 0.3) is 14.9 Å². The quantitative estimate of drug-likeness (QED) is 0.0199. The van der Waals surface area contributed by atoms with E-state index >= 15 is 22.8 Å². The van der Waals surface area contributed by atoms with E-state index in [0.717, 1.165) is 27.8 Å². The number of benzene rings is 5. The number of anilines is 3. The highest BCUT2D eigenvalue weighted by atomic mass is 32.2. The van der Waals surface area contributed by atoms with Gasteiger partial charge < -0.3 is 30.7 Å². The van der Waals surface area contributed by atoms with Crippen LogP contribution < -0.4 is 30.1 Å². The minimum absolute atomic E-state index is 0.0111. The summed E-state index contributed by atoms with van der Waals surface area (Å²) >= 11 is 3.70. The third kappa shape index (κ3) is 19.0. The van der Waals surface area contributed by atoms with Gasteiger partial charge in [-0.2, -0.15) is 27.3 Å². The molecule has 570 valence electrons. The Morgan fingerprint density at radius 2 is 0.769 bits per heavy atom. The van der Waals surface area contributed by atoms with Crippen LogP contribution in [-0.2, 0) is 57.3 Å². The van der Waals surface area contributed by atoms with Gasteiger partial charge in [-0.1, -0.05) is 114 Å². The monoisotopic (exact) mass is 1580 g/mol. The second kappa shape index (κ2) is 35.1. The van der Waals surface area contributed by atoms with Crippen molar-refractivity contribution in [2.24, 2.45) is 11.8 Å². The summed E-state index contributed by atoms with van der Waals surface area (Å²) in [7, 11) is -13.4. The van der Waals surface area contributed by atoms with Gasteiger partial charge in [-0.3, -0.25) is 27.6 Å². The number of hydrogen-bond acceptors (Lipinski definition) is 21. The van der Waals surface area contributed by atoms with Crippen molar-refractivity contribution in [2.45, 2.75) is 162 Å².